The van der Waals surface area contributed by atoms with Crippen molar-refractivity contribution in [2.75, 3.05) is 0 Å². The van der Waals surface area contributed by atoms with Gasteiger partial charge in [0.15, 0.2) is 5.25 Å². The second-order valence-corrected chi connectivity index (χ2v) is 6.74. The number of carboxylic acids is 2. The van der Waals surface area contributed by atoms with Crippen molar-refractivity contribution >= 4 is 22.1 Å². The Labute approximate surface area is 170 Å². The van der Waals surface area contributed by atoms with Crippen LogP contribution in [0.5, 0.6) is 0 Å². The molecule has 0 aliphatic heterocycles. The first-order valence-corrected chi connectivity index (χ1v) is 9.05. The number of benzene rings is 1. The summed E-state index contributed by atoms with van der Waals surface area (Å²) in [6, 6.07) is 11.5. The molecule has 0 amide bonds. The van der Waals surface area contributed by atoms with E-state index < -0.39 is 33.7 Å². The van der Waals surface area contributed by atoms with Crippen LogP contribution >= 0.6 is 0 Å². The number of carbonyl (C=O) groups is 2. The van der Waals surface area contributed by atoms with E-state index in [1.54, 1.807) is 0 Å². The number of aryl methyl sites for hydroxylation is 1. The van der Waals surface area contributed by atoms with Gasteiger partial charge in [-0.15, -0.1) is 0 Å². The normalized spacial score (nSPS) is 11.4. The fraction of sp³-hybridized carbons (Fsp3) is 0.500. The molecular formula is C16H23NaO7S. The Morgan fingerprint density at radius 3 is 2.16 bits per heavy atom. The molecule has 0 radical (unpaired) electrons. The standard InChI is InChI=1S/C12H17.C4H6O7S.Na/c1-2-3-4-6-9-12-10-7-5-8-11-12;5-3(6)1-2(4(7)8)12(9,10)11;/h5,7-8,10H,2-4,6,9H2,1H3;2H,1H2,(H,5,6)(H,7,8)(H,9,10,11);/q-1;;+1. The predicted octanol–water partition coefficient (Wildman–Crippen LogP) is -0.584. The second kappa shape index (κ2) is 14.3. The van der Waals surface area contributed by atoms with Crippen molar-refractivity contribution < 1.29 is 62.3 Å². The van der Waals surface area contributed by atoms with Gasteiger partial charge in [0.05, 0.1) is 6.42 Å². The van der Waals surface area contributed by atoms with Crippen LogP contribution in [0.4, 0.5) is 0 Å². The number of rotatable bonds is 9. The molecule has 1 aromatic rings. The van der Waals surface area contributed by atoms with Gasteiger partial charge in [-0.1, -0.05) is 39.0 Å². The molecule has 0 bridgehead atoms. The minimum atomic E-state index is -4.84. The number of hydrogen-bond donors (Lipinski definition) is 3. The number of aliphatic carboxylic acids is 2. The van der Waals surface area contributed by atoms with Gasteiger partial charge in [0, 0.05) is 0 Å². The maximum absolute atomic E-state index is 10.2. The summed E-state index contributed by atoms with van der Waals surface area (Å²) in [4.78, 5) is 20.0. The molecule has 0 saturated carbocycles. The first kappa shape index (κ1) is 26.3. The van der Waals surface area contributed by atoms with Crippen molar-refractivity contribution in [2.24, 2.45) is 0 Å². The fourth-order valence-corrected chi connectivity index (χ4v) is 2.41. The Balaban J connectivity index is 0. The van der Waals surface area contributed by atoms with Crippen molar-refractivity contribution in [3.8, 4) is 0 Å². The van der Waals surface area contributed by atoms with Crippen molar-refractivity contribution in [2.45, 2.75) is 50.7 Å². The third-order valence-corrected chi connectivity index (χ3v) is 4.16. The van der Waals surface area contributed by atoms with E-state index in [0.29, 0.717) is 0 Å². The molecule has 9 heteroatoms. The summed E-state index contributed by atoms with van der Waals surface area (Å²) in [5.74, 6) is -3.50. The largest absolute Gasteiger partial charge is 1.00 e. The van der Waals surface area contributed by atoms with Gasteiger partial charge in [-0.05, 0) is 0 Å². The van der Waals surface area contributed by atoms with E-state index in [0.717, 1.165) is 0 Å². The van der Waals surface area contributed by atoms with Crippen LogP contribution in [0.15, 0.2) is 24.3 Å². The van der Waals surface area contributed by atoms with Crippen molar-refractivity contribution in [3.05, 3.63) is 35.9 Å². The Kier molecular flexibility index (Phi) is 15.0. The molecule has 0 spiro atoms. The quantitative estimate of drug-likeness (QED) is 0.225. The van der Waals surface area contributed by atoms with E-state index in [2.05, 4.69) is 25.1 Å². The van der Waals surface area contributed by atoms with Gasteiger partial charge in [0.1, 0.15) is 0 Å². The van der Waals surface area contributed by atoms with E-state index in [9.17, 15) is 18.0 Å². The van der Waals surface area contributed by atoms with E-state index in [1.165, 1.54) is 37.7 Å². The van der Waals surface area contributed by atoms with E-state index in [-0.39, 0.29) is 29.6 Å². The molecule has 136 valence electrons. The maximum atomic E-state index is 10.2. The molecule has 0 aromatic heterocycles. The average Bonchev–Trinajstić information content (AvgIpc) is 2.49. The minimum Gasteiger partial charge on any atom is -0.481 e. The molecule has 7 nitrogen and oxygen atoms in total. The van der Waals surface area contributed by atoms with Gasteiger partial charge in [-0.3, -0.25) is 14.1 Å². The molecule has 1 unspecified atom stereocenters. The van der Waals surface area contributed by atoms with E-state index in [1.807, 2.05) is 12.1 Å². The smallest absolute Gasteiger partial charge is 0.481 e. The summed E-state index contributed by atoms with van der Waals surface area (Å²) < 4.78 is 28.7. The van der Waals surface area contributed by atoms with Gasteiger partial charge in [-0.2, -0.15) is 44.3 Å². The predicted molar refractivity (Wildman–Crippen MR) is 88.3 cm³/mol. The van der Waals surface area contributed by atoms with Crippen LogP contribution in [0.25, 0.3) is 0 Å². The average molecular weight is 382 g/mol. The summed E-state index contributed by atoms with van der Waals surface area (Å²) >= 11 is 0. The van der Waals surface area contributed by atoms with Gasteiger partial charge in [0.2, 0.25) is 0 Å². The molecule has 1 rings (SSSR count). The zero-order valence-electron chi connectivity index (χ0n) is 14.5. The molecule has 1 aromatic carbocycles. The van der Waals surface area contributed by atoms with Crippen LogP contribution in [0.2, 0.25) is 0 Å². The minimum absolute atomic E-state index is 0. The molecule has 0 aliphatic rings. The number of carboxylic acid groups (broad SMARTS) is 2. The molecular weight excluding hydrogens is 359 g/mol. The second-order valence-electron chi connectivity index (χ2n) is 5.14. The van der Waals surface area contributed by atoms with E-state index >= 15 is 0 Å². The monoisotopic (exact) mass is 382 g/mol. The van der Waals surface area contributed by atoms with Crippen molar-refractivity contribution in [3.63, 3.8) is 0 Å². The van der Waals surface area contributed by atoms with Crippen LogP contribution in [-0.4, -0.2) is 40.4 Å². The van der Waals surface area contributed by atoms with Gasteiger partial charge in [-0.25, -0.2) is 0 Å². The fourth-order valence-electron chi connectivity index (χ4n) is 1.81. The van der Waals surface area contributed by atoms with Crippen LogP contribution in [0.1, 0.15) is 44.6 Å². The first-order valence-electron chi connectivity index (χ1n) is 7.55. The Bertz CT molecular complexity index is 602. The topological polar surface area (TPSA) is 129 Å². The summed E-state index contributed by atoms with van der Waals surface area (Å²) in [7, 11) is -4.84. The molecule has 0 fully saturated rings. The molecule has 0 aliphatic carbocycles. The van der Waals surface area contributed by atoms with Crippen molar-refractivity contribution in [1.29, 1.82) is 0 Å². The Morgan fingerprint density at radius 2 is 1.80 bits per heavy atom. The molecule has 3 N–H and O–H groups in total. The molecule has 0 saturated heterocycles. The zero-order chi connectivity index (χ0) is 18.6. The third kappa shape index (κ3) is 14.0. The summed E-state index contributed by atoms with van der Waals surface area (Å²) in [5, 5.41) is 13.9. The first-order chi connectivity index (χ1) is 11.2. The van der Waals surface area contributed by atoms with Gasteiger partial charge in [0.25, 0.3) is 10.1 Å². The number of hydrogen-bond acceptors (Lipinski definition) is 4. The van der Waals surface area contributed by atoms with Crippen molar-refractivity contribution in [1.82, 2.24) is 0 Å². The van der Waals surface area contributed by atoms with Gasteiger partial charge >= 0.3 is 41.5 Å². The molecule has 1 atom stereocenters. The molecule has 0 heterocycles. The number of unbranched alkanes of at least 4 members (excludes halogenated alkanes) is 3. The van der Waals surface area contributed by atoms with Crippen LogP contribution in [0, 0.1) is 6.07 Å². The summed E-state index contributed by atoms with van der Waals surface area (Å²) in [5.41, 5.74) is 1.36. The maximum Gasteiger partial charge on any atom is 1.00 e. The van der Waals surface area contributed by atoms with E-state index in [4.69, 9.17) is 14.8 Å². The SMILES string of the molecule is CCCCCCc1[c-]cccc1.O=C(O)CC(C(=O)O)S(=O)(=O)O.[Na+]. The van der Waals surface area contributed by atoms with Crippen LogP contribution in [0.3, 0.4) is 0 Å². The Morgan fingerprint density at radius 1 is 1.16 bits per heavy atom. The Hall–Kier alpha value is -0.930. The summed E-state index contributed by atoms with van der Waals surface area (Å²) in [6.07, 6.45) is 5.40. The molecule has 25 heavy (non-hydrogen) atoms. The summed E-state index contributed by atoms with van der Waals surface area (Å²) in [6.45, 7) is 2.24. The van der Waals surface area contributed by atoms with Crippen LogP contribution < -0.4 is 29.6 Å². The van der Waals surface area contributed by atoms with Gasteiger partial charge < -0.3 is 10.2 Å². The third-order valence-electron chi connectivity index (χ3n) is 3.07. The van der Waals surface area contributed by atoms with Crippen LogP contribution in [-0.2, 0) is 26.1 Å². The zero-order valence-corrected chi connectivity index (χ0v) is 17.3.